The van der Waals surface area contributed by atoms with Gasteiger partial charge in [0, 0.05) is 19.3 Å². The first-order valence-corrected chi connectivity index (χ1v) is 6.12. The molecule has 1 saturated heterocycles. The molecule has 1 aromatic heterocycles. The largest absolute Gasteiger partial charge is 0.388 e. The van der Waals surface area contributed by atoms with E-state index >= 15 is 0 Å². The summed E-state index contributed by atoms with van der Waals surface area (Å²) in [5.74, 6) is 1.09. The molecular weight excluding hydrogens is 200 g/mol. The predicted octanol–water partition coefficient (Wildman–Crippen LogP) is 2.43. The number of nitrogens with zero attached hydrogens (tertiary/aromatic N) is 2. The van der Waals surface area contributed by atoms with E-state index in [1.54, 1.807) is 0 Å². The highest BCUT2D eigenvalue weighted by atomic mass is 16.3. The number of aromatic nitrogens is 1. The van der Waals surface area contributed by atoms with E-state index in [0.717, 1.165) is 30.9 Å². The standard InChI is InChI=1S/C13H20N2O/c1-3-12(16)11-8-10(2)13(14-9-11)15-6-4-5-7-15/h8-9,12,16H,3-7H2,1-2H3. The third kappa shape index (κ3) is 2.19. The second kappa shape index (κ2) is 4.83. The van der Waals surface area contributed by atoms with Gasteiger partial charge in [-0.2, -0.15) is 0 Å². The van der Waals surface area contributed by atoms with Crippen molar-refractivity contribution in [3.8, 4) is 0 Å². The zero-order valence-corrected chi connectivity index (χ0v) is 10.1. The van der Waals surface area contributed by atoms with Gasteiger partial charge >= 0.3 is 0 Å². The number of pyridine rings is 1. The van der Waals surface area contributed by atoms with E-state index in [-0.39, 0.29) is 6.10 Å². The lowest BCUT2D eigenvalue weighted by Gasteiger charge is -2.19. The van der Waals surface area contributed by atoms with Crippen LogP contribution in [0, 0.1) is 6.92 Å². The Bertz CT molecular complexity index is 359. The molecule has 2 rings (SSSR count). The Morgan fingerprint density at radius 1 is 1.44 bits per heavy atom. The molecule has 0 aliphatic carbocycles. The summed E-state index contributed by atoms with van der Waals surface area (Å²) in [5, 5.41) is 9.76. The number of hydrogen-bond acceptors (Lipinski definition) is 3. The number of aliphatic hydroxyl groups excluding tert-OH is 1. The molecule has 1 N–H and O–H groups in total. The molecule has 0 spiro atoms. The van der Waals surface area contributed by atoms with Gasteiger partial charge in [-0.1, -0.05) is 6.92 Å². The van der Waals surface area contributed by atoms with Gasteiger partial charge in [0.25, 0.3) is 0 Å². The Morgan fingerprint density at radius 3 is 2.69 bits per heavy atom. The van der Waals surface area contributed by atoms with Gasteiger partial charge in [0.2, 0.25) is 0 Å². The first-order valence-electron chi connectivity index (χ1n) is 6.12. The molecule has 0 saturated carbocycles. The van der Waals surface area contributed by atoms with E-state index in [9.17, 15) is 5.11 Å². The van der Waals surface area contributed by atoms with Crippen molar-refractivity contribution in [3.05, 3.63) is 23.4 Å². The van der Waals surface area contributed by atoms with Crippen LogP contribution in [0.25, 0.3) is 0 Å². The summed E-state index contributed by atoms with van der Waals surface area (Å²) in [6.07, 6.45) is 4.71. The Morgan fingerprint density at radius 2 is 2.12 bits per heavy atom. The van der Waals surface area contributed by atoms with Crippen molar-refractivity contribution in [2.45, 2.75) is 39.2 Å². The van der Waals surface area contributed by atoms with Gasteiger partial charge in [0.15, 0.2) is 0 Å². The lowest BCUT2D eigenvalue weighted by Crippen LogP contribution is -2.20. The minimum absolute atomic E-state index is 0.376. The van der Waals surface area contributed by atoms with E-state index in [2.05, 4.69) is 22.9 Å². The van der Waals surface area contributed by atoms with Crippen molar-refractivity contribution in [2.75, 3.05) is 18.0 Å². The SMILES string of the molecule is CCC(O)c1cnc(N2CCCC2)c(C)c1. The molecule has 1 atom stereocenters. The molecular formula is C13H20N2O. The topological polar surface area (TPSA) is 36.4 Å². The van der Waals surface area contributed by atoms with Crippen LogP contribution >= 0.6 is 0 Å². The summed E-state index contributed by atoms with van der Waals surface area (Å²) in [7, 11) is 0. The van der Waals surface area contributed by atoms with Crippen molar-refractivity contribution >= 4 is 5.82 Å². The number of hydrogen-bond donors (Lipinski definition) is 1. The fourth-order valence-corrected chi connectivity index (χ4v) is 2.27. The summed E-state index contributed by atoms with van der Waals surface area (Å²) in [5.41, 5.74) is 2.11. The maximum atomic E-state index is 9.76. The van der Waals surface area contributed by atoms with Crippen molar-refractivity contribution in [2.24, 2.45) is 0 Å². The van der Waals surface area contributed by atoms with Gasteiger partial charge in [0.05, 0.1) is 6.10 Å². The van der Waals surface area contributed by atoms with E-state index in [4.69, 9.17) is 0 Å². The smallest absolute Gasteiger partial charge is 0.131 e. The van der Waals surface area contributed by atoms with Crippen LogP contribution in [-0.2, 0) is 0 Å². The number of aliphatic hydroxyl groups is 1. The Labute approximate surface area is 97.1 Å². The van der Waals surface area contributed by atoms with Crippen LogP contribution < -0.4 is 4.90 Å². The molecule has 3 nitrogen and oxygen atoms in total. The van der Waals surface area contributed by atoms with E-state index < -0.39 is 0 Å². The maximum absolute atomic E-state index is 9.76. The first-order chi connectivity index (χ1) is 7.72. The van der Waals surface area contributed by atoms with E-state index in [1.807, 2.05) is 13.1 Å². The summed E-state index contributed by atoms with van der Waals surface area (Å²) in [6, 6.07) is 2.06. The third-order valence-electron chi connectivity index (χ3n) is 3.25. The lowest BCUT2D eigenvalue weighted by atomic mass is 10.1. The van der Waals surface area contributed by atoms with Crippen molar-refractivity contribution < 1.29 is 5.11 Å². The van der Waals surface area contributed by atoms with Gasteiger partial charge in [0.1, 0.15) is 5.82 Å². The van der Waals surface area contributed by atoms with Crippen molar-refractivity contribution in [3.63, 3.8) is 0 Å². The summed E-state index contributed by atoms with van der Waals surface area (Å²) in [6.45, 7) is 6.29. The second-order valence-corrected chi connectivity index (χ2v) is 4.53. The zero-order chi connectivity index (χ0) is 11.5. The van der Waals surface area contributed by atoms with Crippen molar-refractivity contribution in [1.82, 2.24) is 4.98 Å². The fourth-order valence-electron chi connectivity index (χ4n) is 2.27. The number of rotatable bonds is 3. The van der Waals surface area contributed by atoms with Gasteiger partial charge in [-0.3, -0.25) is 0 Å². The lowest BCUT2D eigenvalue weighted by molar-refractivity contribution is 0.173. The quantitative estimate of drug-likeness (QED) is 0.850. The normalized spacial score (nSPS) is 17.8. The molecule has 1 aliphatic heterocycles. The number of aryl methyl sites for hydroxylation is 1. The Kier molecular flexibility index (Phi) is 3.44. The fraction of sp³-hybridized carbons (Fsp3) is 0.615. The average molecular weight is 220 g/mol. The molecule has 1 fully saturated rings. The minimum Gasteiger partial charge on any atom is -0.388 e. The van der Waals surface area contributed by atoms with Gasteiger partial charge in [-0.05, 0) is 43.4 Å². The Hall–Kier alpha value is -1.09. The highest BCUT2D eigenvalue weighted by molar-refractivity contribution is 5.48. The van der Waals surface area contributed by atoms with E-state index in [1.165, 1.54) is 18.4 Å². The van der Waals surface area contributed by atoms with Crippen LogP contribution in [-0.4, -0.2) is 23.2 Å². The molecule has 0 amide bonds. The van der Waals surface area contributed by atoms with Crippen LogP contribution in [0.4, 0.5) is 5.82 Å². The van der Waals surface area contributed by atoms with Crippen LogP contribution in [0.15, 0.2) is 12.3 Å². The van der Waals surface area contributed by atoms with Crippen molar-refractivity contribution in [1.29, 1.82) is 0 Å². The summed E-state index contributed by atoms with van der Waals surface area (Å²) < 4.78 is 0. The molecule has 1 aromatic rings. The monoisotopic (exact) mass is 220 g/mol. The molecule has 16 heavy (non-hydrogen) atoms. The highest BCUT2D eigenvalue weighted by Crippen LogP contribution is 2.25. The maximum Gasteiger partial charge on any atom is 0.131 e. The molecule has 88 valence electrons. The third-order valence-corrected chi connectivity index (χ3v) is 3.25. The van der Waals surface area contributed by atoms with Gasteiger partial charge in [-0.25, -0.2) is 4.98 Å². The number of anilines is 1. The average Bonchev–Trinajstić information content (AvgIpc) is 2.81. The Balaban J connectivity index is 2.22. The van der Waals surface area contributed by atoms with Crippen LogP contribution in [0.5, 0.6) is 0 Å². The summed E-state index contributed by atoms with van der Waals surface area (Å²) >= 11 is 0. The summed E-state index contributed by atoms with van der Waals surface area (Å²) in [4.78, 5) is 6.83. The zero-order valence-electron chi connectivity index (χ0n) is 10.1. The molecule has 3 heteroatoms. The second-order valence-electron chi connectivity index (χ2n) is 4.53. The first kappa shape index (κ1) is 11.4. The van der Waals surface area contributed by atoms with E-state index in [0.29, 0.717) is 0 Å². The van der Waals surface area contributed by atoms with Gasteiger partial charge in [-0.15, -0.1) is 0 Å². The molecule has 1 aliphatic rings. The molecule has 2 heterocycles. The predicted molar refractivity (Wildman–Crippen MR) is 65.7 cm³/mol. The minimum atomic E-state index is -0.376. The van der Waals surface area contributed by atoms with Gasteiger partial charge < -0.3 is 10.0 Å². The van der Waals surface area contributed by atoms with Crippen LogP contribution in [0.1, 0.15) is 43.4 Å². The molecule has 1 unspecified atom stereocenters. The molecule has 0 bridgehead atoms. The van der Waals surface area contributed by atoms with Crippen LogP contribution in [0.3, 0.4) is 0 Å². The van der Waals surface area contributed by atoms with Crippen LogP contribution in [0.2, 0.25) is 0 Å². The molecule has 0 radical (unpaired) electrons. The molecule has 0 aromatic carbocycles. The highest BCUT2D eigenvalue weighted by Gasteiger charge is 2.16.